The van der Waals surface area contributed by atoms with E-state index in [1.165, 1.54) is 12.8 Å². The van der Waals surface area contributed by atoms with E-state index in [-0.39, 0.29) is 29.7 Å². The van der Waals surface area contributed by atoms with E-state index in [1.54, 1.807) is 10.7 Å². The number of aromatic nitrogens is 2. The van der Waals surface area contributed by atoms with Gasteiger partial charge in [-0.05, 0) is 57.4 Å². The van der Waals surface area contributed by atoms with Gasteiger partial charge >= 0.3 is 0 Å². The van der Waals surface area contributed by atoms with Crippen LogP contribution >= 0.6 is 0 Å². The first-order valence-electron chi connectivity index (χ1n) is 9.22. The molecule has 0 aromatic carbocycles. The number of ether oxygens (including phenoxy) is 1. The Morgan fingerprint density at radius 2 is 1.92 bits per heavy atom. The fraction of sp³-hybridized carbons (Fsp3) is 0.722. The number of nitrogens with zero attached hydrogens (tertiary/aromatic N) is 2. The lowest BCUT2D eigenvalue weighted by molar-refractivity contribution is -0.131. The summed E-state index contributed by atoms with van der Waals surface area (Å²) < 4.78 is 7.12. The second kappa shape index (κ2) is 6.67. The fourth-order valence-corrected chi connectivity index (χ4v) is 3.84. The average molecular weight is 331 g/mol. The van der Waals surface area contributed by atoms with Gasteiger partial charge in [0.15, 0.2) is 0 Å². The highest BCUT2D eigenvalue weighted by Crippen LogP contribution is 2.38. The SMILES string of the molecule is O=C(NC1CCC(n2nc(C3CC3)ccc2=O)CC1)C1CCCO1. The van der Waals surface area contributed by atoms with Crippen LogP contribution in [-0.4, -0.2) is 34.4 Å². The van der Waals surface area contributed by atoms with E-state index in [4.69, 9.17) is 4.74 Å². The van der Waals surface area contributed by atoms with Gasteiger partial charge in [-0.2, -0.15) is 5.10 Å². The molecule has 6 nitrogen and oxygen atoms in total. The molecule has 1 amide bonds. The number of amides is 1. The van der Waals surface area contributed by atoms with Gasteiger partial charge < -0.3 is 10.1 Å². The molecule has 2 aliphatic carbocycles. The summed E-state index contributed by atoms with van der Waals surface area (Å²) >= 11 is 0. The maximum Gasteiger partial charge on any atom is 0.267 e. The van der Waals surface area contributed by atoms with E-state index in [1.807, 2.05) is 6.07 Å². The molecule has 130 valence electrons. The molecule has 1 unspecified atom stereocenters. The predicted molar refractivity (Wildman–Crippen MR) is 88.9 cm³/mol. The van der Waals surface area contributed by atoms with Crippen molar-refractivity contribution in [1.29, 1.82) is 0 Å². The molecule has 2 heterocycles. The smallest absolute Gasteiger partial charge is 0.267 e. The molecule has 4 rings (SSSR count). The van der Waals surface area contributed by atoms with Crippen molar-refractivity contribution in [3.8, 4) is 0 Å². The number of nitrogens with one attached hydrogen (secondary N) is 1. The Hall–Kier alpha value is -1.69. The van der Waals surface area contributed by atoms with Gasteiger partial charge in [-0.25, -0.2) is 4.68 Å². The monoisotopic (exact) mass is 331 g/mol. The molecule has 3 aliphatic rings. The Labute approximate surface area is 141 Å². The first-order chi connectivity index (χ1) is 11.7. The molecule has 1 aromatic heterocycles. The van der Waals surface area contributed by atoms with Gasteiger partial charge in [-0.1, -0.05) is 0 Å². The number of carbonyl (C=O) groups excluding carboxylic acids is 1. The molecular weight excluding hydrogens is 306 g/mol. The minimum atomic E-state index is -0.262. The van der Waals surface area contributed by atoms with E-state index in [2.05, 4.69) is 10.4 Å². The molecule has 0 spiro atoms. The average Bonchev–Trinajstić information content (AvgIpc) is 3.30. The van der Waals surface area contributed by atoms with Crippen molar-refractivity contribution in [2.24, 2.45) is 0 Å². The van der Waals surface area contributed by atoms with Gasteiger partial charge in [0.2, 0.25) is 5.91 Å². The van der Waals surface area contributed by atoms with Crippen molar-refractivity contribution in [1.82, 2.24) is 15.1 Å². The molecular formula is C18H25N3O3. The van der Waals surface area contributed by atoms with Crippen LogP contribution < -0.4 is 10.9 Å². The largest absolute Gasteiger partial charge is 0.368 e. The van der Waals surface area contributed by atoms with Crippen LogP contribution in [0.3, 0.4) is 0 Å². The summed E-state index contributed by atoms with van der Waals surface area (Å²) in [6.07, 6.45) is 7.47. The van der Waals surface area contributed by atoms with Gasteiger partial charge in [0.1, 0.15) is 6.10 Å². The quantitative estimate of drug-likeness (QED) is 0.914. The summed E-state index contributed by atoms with van der Waals surface area (Å²) in [6, 6.07) is 3.89. The third-order valence-electron chi connectivity index (χ3n) is 5.45. The standard InChI is InChI=1S/C18H25N3O3/c22-17-10-9-15(12-3-4-12)20-21(17)14-7-5-13(6-8-14)19-18(23)16-2-1-11-24-16/h9-10,12-14,16H,1-8,11H2,(H,19,23). The highest BCUT2D eigenvalue weighted by atomic mass is 16.5. The van der Waals surface area contributed by atoms with Gasteiger partial charge in [0, 0.05) is 24.6 Å². The molecule has 1 atom stereocenters. The van der Waals surface area contributed by atoms with Crippen molar-refractivity contribution in [3.63, 3.8) is 0 Å². The highest BCUT2D eigenvalue weighted by Gasteiger charge is 2.30. The van der Waals surface area contributed by atoms with Crippen LogP contribution in [0, 0.1) is 0 Å². The second-order valence-corrected chi connectivity index (χ2v) is 7.33. The lowest BCUT2D eigenvalue weighted by Gasteiger charge is -2.30. The van der Waals surface area contributed by atoms with Crippen LogP contribution in [0.1, 0.15) is 69.0 Å². The number of hydrogen-bond donors (Lipinski definition) is 1. The lowest BCUT2D eigenvalue weighted by Crippen LogP contribution is -2.43. The summed E-state index contributed by atoms with van der Waals surface area (Å²) in [5.41, 5.74) is 1.05. The highest BCUT2D eigenvalue weighted by molar-refractivity contribution is 5.81. The van der Waals surface area contributed by atoms with E-state index < -0.39 is 0 Å². The van der Waals surface area contributed by atoms with Crippen LogP contribution in [0.25, 0.3) is 0 Å². The zero-order valence-corrected chi connectivity index (χ0v) is 13.9. The van der Waals surface area contributed by atoms with E-state index in [0.717, 1.165) is 44.2 Å². The van der Waals surface area contributed by atoms with Crippen LogP contribution in [0.4, 0.5) is 0 Å². The van der Waals surface area contributed by atoms with Crippen LogP contribution in [0.2, 0.25) is 0 Å². The molecule has 1 saturated heterocycles. The van der Waals surface area contributed by atoms with E-state index >= 15 is 0 Å². The predicted octanol–water partition coefficient (Wildman–Crippen LogP) is 1.90. The molecule has 0 bridgehead atoms. The Morgan fingerprint density at radius 3 is 2.58 bits per heavy atom. The number of rotatable bonds is 4. The van der Waals surface area contributed by atoms with Crippen LogP contribution in [-0.2, 0) is 9.53 Å². The summed E-state index contributed by atoms with van der Waals surface area (Å²) in [4.78, 5) is 24.3. The van der Waals surface area contributed by atoms with E-state index in [0.29, 0.717) is 12.5 Å². The molecule has 1 aliphatic heterocycles. The Kier molecular flexibility index (Phi) is 4.39. The summed E-state index contributed by atoms with van der Waals surface area (Å²) in [7, 11) is 0. The Morgan fingerprint density at radius 1 is 1.12 bits per heavy atom. The summed E-state index contributed by atoms with van der Waals surface area (Å²) in [5, 5.41) is 7.72. The Balaban J connectivity index is 1.35. The maximum atomic E-state index is 12.2. The van der Waals surface area contributed by atoms with Crippen LogP contribution in [0.15, 0.2) is 16.9 Å². The molecule has 6 heteroatoms. The van der Waals surface area contributed by atoms with Crippen molar-refractivity contribution < 1.29 is 9.53 Å². The molecule has 0 radical (unpaired) electrons. The zero-order valence-electron chi connectivity index (χ0n) is 13.9. The van der Waals surface area contributed by atoms with Crippen LogP contribution in [0.5, 0.6) is 0 Å². The zero-order chi connectivity index (χ0) is 16.5. The van der Waals surface area contributed by atoms with Gasteiger partial charge in [-0.15, -0.1) is 0 Å². The maximum absolute atomic E-state index is 12.2. The van der Waals surface area contributed by atoms with E-state index in [9.17, 15) is 9.59 Å². The van der Waals surface area contributed by atoms with Gasteiger partial charge in [0.05, 0.1) is 11.7 Å². The van der Waals surface area contributed by atoms with Crippen molar-refractivity contribution >= 4 is 5.91 Å². The molecule has 24 heavy (non-hydrogen) atoms. The fourth-order valence-electron chi connectivity index (χ4n) is 3.84. The Bertz CT molecular complexity index is 654. The molecule has 2 saturated carbocycles. The number of hydrogen-bond acceptors (Lipinski definition) is 4. The molecule has 1 aromatic rings. The normalized spacial score (nSPS) is 30.2. The number of carbonyl (C=O) groups is 1. The minimum Gasteiger partial charge on any atom is -0.368 e. The lowest BCUT2D eigenvalue weighted by atomic mass is 9.91. The van der Waals surface area contributed by atoms with Gasteiger partial charge in [0.25, 0.3) is 5.56 Å². The van der Waals surface area contributed by atoms with Crippen molar-refractivity contribution in [3.05, 3.63) is 28.2 Å². The topological polar surface area (TPSA) is 73.2 Å². The summed E-state index contributed by atoms with van der Waals surface area (Å²) in [6.45, 7) is 0.691. The van der Waals surface area contributed by atoms with Crippen molar-refractivity contribution in [2.75, 3.05) is 6.61 Å². The first kappa shape index (κ1) is 15.8. The first-order valence-corrected chi connectivity index (χ1v) is 9.22. The summed E-state index contributed by atoms with van der Waals surface area (Å²) in [5.74, 6) is 0.584. The van der Waals surface area contributed by atoms with Crippen molar-refractivity contribution in [2.45, 2.75) is 75.5 Å². The second-order valence-electron chi connectivity index (χ2n) is 7.33. The molecule has 3 fully saturated rings. The minimum absolute atomic E-state index is 0.00811. The van der Waals surface area contributed by atoms with Gasteiger partial charge in [-0.3, -0.25) is 9.59 Å². The molecule has 1 N–H and O–H groups in total. The third-order valence-corrected chi connectivity index (χ3v) is 5.45. The third kappa shape index (κ3) is 3.38.